The molecule has 6 heteroatoms. The molecule has 1 N–H and O–H groups in total. The first kappa shape index (κ1) is 16.3. The van der Waals surface area contributed by atoms with E-state index in [1.165, 1.54) is 10.5 Å². The van der Waals surface area contributed by atoms with E-state index in [2.05, 4.69) is 6.92 Å². The summed E-state index contributed by atoms with van der Waals surface area (Å²) in [5.74, 6) is -0.664. The van der Waals surface area contributed by atoms with Gasteiger partial charge in [-0.3, -0.25) is 4.79 Å². The fraction of sp³-hybridized carbons (Fsp3) is 0.500. The minimum absolute atomic E-state index is 0.0522. The van der Waals surface area contributed by atoms with Gasteiger partial charge in [0.05, 0.1) is 12.6 Å². The normalized spacial score (nSPS) is 21.5. The molecule has 22 heavy (non-hydrogen) atoms. The summed E-state index contributed by atoms with van der Waals surface area (Å²) in [6.45, 7) is 4.14. The minimum Gasteiger partial charge on any atom is -0.484 e. The summed E-state index contributed by atoms with van der Waals surface area (Å²) in [5.41, 5.74) is 1.20. The van der Waals surface area contributed by atoms with E-state index in [9.17, 15) is 9.59 Å². The second-order valence-corrected chi connectivity index (χ2v) is 5.36. The van der Waals surface area contributed by atoms with Crippen LogP contribution in [0, 0.1) is 0 Å². The summed E-state index contributed by atoms with van der Waals surface area (Å²) in [5, 5.41) is 9.02. The van der Waals surface area contributed by atoms with Crippen LogP contribution in [0.15, 0.2) is 24.3 Å². The van der Waals surface area contributed by atoms with Gasteiger partial charge in [-0.25, -0.2) is 4.79 Å². The predicted molar refractivity (Wildman–Crippen MR) is 79.9 cm³/mol. The minimum atomic E-state index is -1.06. The van der Waals surface area contributed by atoms with Crippen molar-refractivity contribution in [3.8, 4) is 5.75 Å². The van der Waals surface area contributed by atoms with Crippen LogP contribution in [-0.4, -0.2) is 53.8 Å². The first-order valence-electron chi connectivity index (χ1n) is 7.37. The Morgan fingerprint density at radius 2 is 2.00 bits per heavy atom. The molecule has 2 atom stereocenters. The summed E-state index contributed by atoms with van der Waals surface area (Å²) in [7, 11) is 0. The standard InChI is InChI=1S/C16H21NO5/c1-3-12-4-6-13(7-5-12)21-10-15(18)17-8-11(2)22-14(9-17)16(19)20/h4-7,11,14H,3,8-10H2,1-2H3,(H,19,20)/t11-,14?/m1/s1. The Labute approximate surface area is 129 Å². The van der Waals surface area contributed by atoms with Crippen LogP contribution in [0.2, 0.25) is 0 Å². The zero-order valence-electron chi connectivity index (χ0n) is 12.8. The van der Waals surface area contributed by atoms with E-state index in [0.717, 1.165) is 6.42 Å². The summed E-state index contributed by atoms with van der Waals surface area (Å²) in [6.07, 6.45) is -0.333. The van der Waals surface area contributed by atoms with Gasteiger partial charge in [-0.1, -0.05) is 19.1 Å². The lowest BCUT2D eigenvalue weighted by atomic mass is 10.2. The molecule has 1 saturated heterocycles. The summed E-state index contributed by atoms with van der Waals surface area (Å²) in [4.78, 5) is 24.7. The van der Waals surface area contributed by atoms with Crippen molar-refractivity contribution in [2.24, 2.45) is 0 Å². The number of carboxylic acids is 1. The number of carbonyl (C=O) groups excluding carboxylic acids is 1. The van der Waals surface area contributed by atoms with Gasteiger partial charge in [-0.15, -0.1) is 0 Å². The molecule has 120 valence electrons. The van der Waals surface area contributed by atoms with E-state index in [1.54, 1.807) is 6.92 Å². The highest BCUT2D eigenvalue weighted by molar-refractivity contribution is 5.80. The number of benzene rings is 1. The van der Waals surface area contributed by atoms with Gasteiger partial charge >= 0.3 is 5.97 Å². The van der Waals surface area contributed by atoms with Crippen LogP contribution in [0.3, 0.4) is 0 Å². The maximum atomic E-state index is 12.2. The number of carboxylic acid groups (broad SMARTS) is 1. The molecule has 1 aliphatic rings. The summed E-state index contributed by atoms with van der Waals surface area (Å²) < 4.78 is 10.8. The van der Waals surface area contributed by atoms with E-state index in [0.29, 0.717) is 12.3 Å². The van der Waals surface area contributed by atoms with Gasteiger partial charge in [0.2, 0.25) is 0 Å². The van der Waals surface area contributed by atoms with Gasteiger partial charge in [0.15, 0.2) is 12.7 Å². The largest absolute Gasteiger partial charge is 0.484 e. The zero-order chi connectivity index (χ0) is 16.1. The molecule has 0 spiro atoms. The highest BCUT2D eigenvalue weighted by Gasteiger charge is 2.32. The second-order valence-electron chi connectivity index (χ2n) is 5.36. The smallest absolute Gasteiger partial charge is 0.334 e. The number of aryl methyl sites for hydroxylation is 1. The Kier molecular flexibility index (Phi) is 5.38. The number of amides is 1. The third kappa shape index (κ3) is 4.21. The van der Waals surface area contributed by atoms with E-state index < -0.39 is 12.1 Å². The molecule has 1 aliphatic heterocycles. The molecule has 1 aromatic rings. The van der Waals surface area contributed by atoms with Gasteiger partial charge in [0, 0.05) is 6.54 Å². The quantitative estimate of drug-likeness (QED) is 0.888. The van der Waals surface area contributed by atoms with Crippen LogP contribution in [0.1, 0.15) is 19.4 Å². The first-order chi connectivity index (χ1) is 10.5. The molecule has 0 radical (unpaired) electrons. The van der Waals surface area contributed by atoms with Crippen LogP contribution in [0.5, 0.6) is 5.75 Å². The summed E-state index contributed by atoms with van der Waals surface area (Å²) in [6, 6.07) is 7.57. The molecule has 1 aromatic carbocycles. The third-order valence-corrected chi connectivity index (χ3v) is 3.58. The van der Waals surface area contributed by atoms with Gasteiger partial charge in [-0.2, -0.15) is 0 Å². The van der Waals surface area contributed by atoms with Crippen LogP contribution in [0.25, 0.3) is 0 Å². The Morgan fingerprint density at radius 3 is 2.59 bits per heavy atom. The lowest BCUT2D eigenvalue weighted by Crippen LogP contribution is -2.52. The molecule has 0 aliphatic carbocycles. The molecule has 1 fully saturated rings. The van der Waals surface area contributed by atoms with E-state index >= 15 is 0 Å². The molecule has 2 rings (SSSR count). The number of hydrogen-bond acceptors (Lipinski definition) is 4. The lowest BCUT2D eigenvalue weighted by Gasteiger charge is -2.34. The van der Waals surface area contributed by atoms with Crippen molar-refractivity contribution < 1.29 is 24.2 Å². The Hall–Kier alpha value is -2.08. The number of morpholine rings is 1. The van der Waals surface area contributed by atoms with Gasteiger partial charge in [0.25, 0.3) is 5.91 Å². The van der Waals surface area contributed by atoms with Crippen molar-refractivity contribution in [1.29, 1.82) is 0 Å². The van der Waals surface area contributed by atoms with Crippen LogP contribution in [-0.2, 0) is 20.7 Å². The Balaban J connectivity index is 1.89. The van der Waals surface area contributed by atoms with Gasteiger partial charge in [-0.05, 0) is 31.0 Å². The molecule has 0 saturated carbocycles. The van der Waals surface area contributed by atoms with Crippen molar-refractivity contribution in [3.05, 3.63) is 29.8 Å². The topological polar surface area (TPSA) is 76.1 Å². The lowest BCUT2D eigenvalue weighted by molar-refractivity contribution is -0.167. The van der Waals surface area contributed by atoms with Crippen molar-refractivity contribution in [3.63, 3.8) is 0 Å². The zero-order valence-corrected chi connectivity index (χ0v) is 12.8. The SMILES string of the molecule is CCc1ccc(OCC(=O)N2CC(C(=O)O)O[C@H](C)C2)cc1. The van der Waals surface area contributed by atoms with Crippen molar-refractivity contribution in [2.75, 3.05) is 19.7 Å². The van der Waals surface area contributed by atoms with Gasteiger partial charge < -0.3 is 19.5 Å². The van der Waals surface area contributed by atoms with Crippen LogP contribution >= 0.6 is 0 Å². The molecule has 6 nitrogen and oxygen atoms in total. The molecule has 1 heterocycles. The number of hydrogen-bond donors (Lipinski definition) is 1. The summed E-state index contributed by atoms with van der Waals surface area (Å²) >= 11 is 0. The number of carbonyl (C=O) groups is 2. The van der Waals surface area contributed by atoms with Gasteiger partial charge in [0.1, 0.15) is 5.75 Å². The second kappa shape index (κ2) is 7.26. The Bertz CT molecular complexity index is 528. The molecular weight excluding hydrogens is 286 g/mol. The third-order valence-electron chi connectivity index (χ3n) is 3.58. The van der Waals surface area contributed by atoms with E-state index in [-0.39, 0.29) is 25.2 Å². The molecule has 1 amide bonds. The van der Waals surface area contributed by atoms with E-state index in [4.69, 9.17) is 14.6 Å². The molecule has 1 unspecified atom stereocenters. The maximum Gasteiger partial charge on any atom is 0.334 e. The number of rotatable bonds is 5. The van der Waals surface area contributed by atoms with Crippen LogP contribution in [0.4, 0.5) is 0 Å². The average Bonchev–Trinajstić information content (AvgIpc) is 2.52. The maximum absolute atomic E-state index is 12.2. The fourth-order valence-electron chi connectivity index (χ4n) is 2.35. The Morgan fingerprint density at radius 1 is 1.32 bits per heavy atom. The number of nitrogens with zero attached hydrogens (tertiary/aromatic N) is 1. The first-order valence-corrected chi connectivity index (χ1v) is 7.37. The van der Waals surface area contributed by atoms with Crippen molar-refractivity contribution in [2.45, 2.75) is 32.5 Å². The average molecular weight is 307 g/mol. The highest BCUT2D eigenvalue weighted by atomic mass is 16.5. The molecular formula is C16H21NO5. The van der Waals surface area contributed by atoms with Crippen molar-refractivity contribution >= 4 is 11.9 Å². The van der Waals surface area contributed by atoms with Crippen molar-refractivity contribution in [1.82, 2.24) is 4.90 Å². The molecule has 0 bridgehead atoms. The monoisotopic (exact) mass is 307 g/mol. The highest BCUT2D eigenvalue weighted by Crippen LogP contribution is 2.14. The van der Waals surface area contributed by atoms with Crippen LogP contribution < -0.4 is 4.74 Å². The van der Waals surface area contributed by atoms with E-state index in [1.807, 2.05) is 24.3 Å². The fourth-order valence-corrected chi connectivity index (χ4v) is 2.35. The number of aliphatic carboxylic acids is 1. The molecule has 0 aromatic heterocycles. The predicted octanol–water partition coefficient (Wildman–Crippen LogP) is 1.33. The number of ether oxygens (including phenoxy) is 2.